The number of halogens is 2. The Morgan fingerprint density at radius 2 is 1.90 bits per heavy atom. The lowest BCUT2D eigenvalue weighted by atomic mass is 9.90. The fraction of sp³-hybridized carbons (Fsp3) is 0.636. The summed E-state index contributed by atoms with van der Waals surface area (Å²) in [6.45, 7) is 8.91. The molecule has 0 bridgehead atoms. The van der Waals surface area contributed by atoms with Crippen molar-refractivity contribution in [3.8, 4) is 6.07 Å². The van der Waals surface area contributed by atoms with Crippen LogP contribution in [0.3, 0.4) is 0 Å². The zero-order chi connectivity index (χ0) is 22.0. The van der Waals surface area contributed by atoms with Crippen LogP contribution in [0.2, 0.25) is 0 Å². The first-order valence-electron chi connectivity index (χ1n) is 9.92. The minimum atomic E-state index is -1.75. The maximum atomic E-state index is 15.3. The van der Waals surface area contributed by atoms with Crippen molar-refractivity contribution >= 4 is 6.09 Å². The van der Waals surface area contributed by atoms with Crippen molar-refractivity contribution in [3.05, 3.63) is 35.1 Å². The van der Waals surface area contributed by atoms with E-state index in [1.807, 2.05) is 11.0 Å². The minimum absolute atomic E-state index is 0.0987. The summed E-state index contributed by atoms with van der Waals surface area (Å²) in [7, 11) is 1.63. The second-order valence-corrected chi connectivity index (χ2v) is 9.16. The van der Waals surface area contributed by atoms with Crippen LogP contribution in [0.15, 0.2) is 18.2 Å². The molecular weight excluding hydrogens is 376 g/mol. The molecule has 1 aliphatic carbocycles. The van der Waals surface area contributed by atoms with Gasteiger partial charge < -0.3 is 9.64 Å². The van der Waals surface area contributed by atoms with Gasteiger partial charge in [-0.2, -0.15) is 5.26 Å². The molecular formula is C22H31F2N3O2. The third kappa shape index (κ3) is 6.14. The highest BCUT2D eigenvalue weighted by atomic mass is 19.1. The molecule has 1 unspecified atom stereocenters. The summed E-state index contributed by atoms with van der Waals surface area (Å²) in [4.78, 5) is 15.6. The zero-order valence-electron chi connectivity index (χ0n) is 18.1. The number of benzene rings is 1. The Labute approximate surface area is 172 Å². The van der Waals surface area contributed by atoms with E-state index in [-0.39, 0.29) is 17.2 Å². The van der Waals surface area contributed by atoms with Gasteiger partial charge >= 0.3 is 6.09 Å². The van der Waals surface area contributed by atoms with Crippen LogP contribution in [-0.4, -0.2) is 53.3 Å². The first-order valence-corrected chi connectivity index (χ1v) is 9.92. The molecule has 0 radical (unpaired) electrons. The Hall–Kier alpha value is -2.20. The summed E-state index contributed by atoms with van der Waals surface area (Å²) in [6.07, 6.45) is 1.33. The third-order valence-electron chi connectivity index (χ3n) is 4.84. The molecule has 1 aliphatic rings. The number of hydrogen-bond donors (Lipinski definition) is 0. The van der Waals surface area contributed by atoms with Gasteiger partial charge in [-0.05, 0) is 53.5 Å². The summed E-state index contributed by atoms with van der Waals surface area (Å²) in [6, 6.07) is 5.58. The second kappa shape index (κ2) is 8.66. The quantitative estimate of drug-likeness (QED) is 0.650. The molecule has 0 spiro atoms. The summed E-state index contributed by atoms with van der Waals surface area (Å²) in [5, 5.41) is 9.16. The van der Waals surface area contributed by atoms with Crippen molar-refractivity contribution in [2.75, 3.05) is 20.1 Å². The number of alkyl halides is 1. The van der Waals surface area contributed by atoms with Crippen molar-refractivity contribution in [1.82, 2.24) is 9.80 Å². The summed E-state index contributed by atoms with van der Waals surface area (Å²) in [5.74, 6) is -0.683. The van der Waals surface area contributed by atoms with Gasteiger partial charge in [-0.15, -0.1) is 0 Å². The molecule has 1 atom stereocenters. The fourth-order valence-corrected chi connectivity index (χ4v) is 3.42. The van der Waals surface area contributed by atoms with Crippen LogP contribution in [0.5, 0.6) is 0 Å². The van der Waals surface area contributed by atoms with Crippen molar-refractivity contribution in [3.63, 3.8) is 0 Å². The number of ether oxygens (including phenoxy) is 1. The fourth-order valence-electron chi connectivity index (χ4n) is 3.42. The molecule has 0 aliphatic heterocycles. The molecule has 7 heteroatoms. The first-order chi connectivity index (χ1) is 13.3. The van der Waals surface area contributed by atoms with E-state index in [4.69, 9.17) is 10.00 Å². The molecule has 1 aromatic carbocycles. The van der Waals surface area contributed by atoms with Gasteiger partial charge in [0.2, 0.25) is 0 Å². The van der Waals surface area contributed by atoms with Gasteiger partial charge in [-0.25, -0.2) is 13.6 Å². The molecule has 0 saturated heterocycles. The Morgan fingerprint density at radius 3 is 2.38 bits per heavy atom. The van der Waals surface area contributed by atoms with Crippen LogP contribution in [0.4, 0.5) is 13.6 Å². The van der Waals surface area contributed by atoms with E-state index in [1.54, 1.807) is 33.9 Å². The third-order valence-corrected chi connectivity index (χ3v) is 4.84. The molecule has 1 amide bonds. The minimum Gasteiger partial charge on any atom is -0.444 e. The summed E-state index contributed by atoms with van der Waals surface area (Å²) >= 11 is 0. The van der Waals surface area contributed by atoms with Crippen LogP contribution in [0, 0.1) is 17.1 Å². The molecule has 5 nitrogen and oxygen atoms in total. The van der Waals surface area contributed by atoms with Gasteiger partial charge in [-0.1, -0.05) is 12.1 Å². The van der Waals surface area contributed by atoms with E-state index in [9.17, 15) is 9.18 Å². The van der Waals surface area contributed by atoms with E-state index in [1.165, 1.54) is 30.9 Å². The highest BCUT2D eigenvalue weighted by Gasteiger charge is 2.43. The van der Waals surface area contributed by atoms with Crippen LogP contribution < -0.4 is 0 Å². The average molecular weight is 408 g/mol. The van der Waals surface area contributed by atoms with Crippen LogP contribution in [-0.2, 0) is 4.74 Å². The van der Waals surface area contributed by atoms with Crippen LogP contribution >= 0.6 is 0 Å². The lowest BCUT2D eigenvalue weighted by molar-refractivity contribution is 0.0174. The topological polar surface area (TPSA) is 56.6 Å². The summed E-state index contributed by atoms with van der Waals surface area (Å²) < 4.78 is 35.6. The molecule has 29 heavy (non-hydrogen) atoms. The number of nitriles is 1. The molecule has 1 fully saturated rings. The van der Waals surface area contributed by atoms with Gasteiger partial charge in [0.15, 0.2) is 0 Å². The predicted molar refractivity (Wildman–Crippen MR) is 108 cm³/mol. The standard InChI is InChI=1S/C22H31F2N3O2/c1-21(2,3)29-20(28)26(6)12-13-27(16-10-11-16)19(22(4,5)24)17-9-7-8-15(14-25)18(17)23/h7-9,16,19H,10-13H2,1-6H3. The Balaban J connectivity index is 2.26. The smallest absolute Gasteiger partial charge is 0.410 e. The molecule has 1 aromatic rings. The van der Waals surface area contributed by atoms with Crippen molar-refractivity contribution in [1.29, 1.82) is 5.26 Å². The maximum absolute atomic E-state index is 15.3. The lowest BCUT2D eigenvalue weighted by Gasteiger charge is -2.39. The van der Waals surface area contributed by atoms with E-state index in [0.29, 0.717) is 13.1 Å². The highest BCUT2D eigenvalue weighted by Crippen LogP contribution is 2.42. The van der Waals surface area contributed by atoms with Crippen molar-refractivity contribution < 1.29 is 18.3 Å². The van der Waals surface area contributed by atoms with Gasteiger partial charge in [0.05, 0.1) is 11.6 Å². The number of carbonyl (C=O) groups is 1. The Bertz CT molecular complexity index is 774. The molecule has 0 N–H and O–H groups in total. The lowest BCUT2D eigenvalue weighted by Crippen LogP contribution is -2.46. The number of likely N-dealkylation sites (N-methyl/N-ethyl adjacent to an activating group) is 1. The van der Waals surface area contributed by atoms with E-state index < -0.39 is 29.2 Å². The van der Waals surface area contributed by atoms with Crippen molar-refractivity contribution in [2.24, 2.45) is 0 Å². The largest absolute Gasteiger partial charge is 0.444 e. The maximum Gasteiger partial charge on any atom is 0.410 e. The van der Waals surface area contributed by atoms with Gasteiger partial charge in [0.1, 0.15) is 23.2 Å². The number of rotatable bonds is 7. The Kier molecular flexibility index (Phi) is 6.89. The van der Waals surface area contributed by atoms with E-state index in [0.717, 1.165) is 12.8 Å². The average Bonchev–Trinajstić information content (AvgIpc) is 3.41. The van der Waals surface area contributed by atoms with Gasteiger partial charge in [0.25, 0.3) is 0 Å². The number of nitrogens with zero attached hydrogens (tertiary/aromatic N) is 3. The van der Waals surface area contributed by atoms with Crippen LogP contribution in [0.1, 0.15) is 64.6 Å². The highest BCUT2D eigenvalue weighted by molar-refractivity contribution is 5.67. The normalized spacial score (nSPS) is 15.7. The molecule has 0 aromatic heterocycles. The Morgan fingerprint density at radius 1 is 1.28 bits per heavy atom. The van der Waals surface area contributed by atoms with Gasteiger partial charge in [0, 0.05) is 31.7 Å². The monoisotopic (exact) mass is 407 g/mol. The molecule has 160 valence electrons. The second-order valence-electron chi connectivity index (χ2n) is 9.16. The van der Waals surface area contributed by atoms with Crippen LogP contribution in [0.25, 0.3) is 0 Å². The van der Waals surface area contributed by atoms with E-state index >= 15 is 4.39 Å². The molecule has 1 saturated carbocycles. The predicted octanol–water partition coefficient (Wildman–Crippen LogP) is 4.82. The van der Waals surface area contributed by atoms with Gasteiger partial charge in [-0.3, -0.25) is 4.90 Å². The number of amides is 1. The SMILES string of the molecule is CN(CCN(C1CC1)C(c1cccc(C#N)c1F)C(C)(C)F)C(=O)OC(C)(C)C. The first kappa shape index (κ1) is 23.1. The van der Waals surface area contributed by atoms with Crippen molar-refractivity contribution in [2.45, 2.75) is 70.8 Å². The zero-order valence-corrected chi connectivity index (χ0v) is 18.1. The number of carbonyl (C=O) groups excluding carboxylic acids is 1. The van der Waals surface area contributed by atoms with E-state index in [2.05, 4.69) is 0 Å². The molecule has 2 rings (SSSR count). The summed E-state index contributed by atoms with van der Waals surface area (Å²) in [5.41, 5.74) is -2.28. The number of hydrogen-bond acceptors (Lipinski definition) is 4. The molecule has 0 heterocycles.